The maximum atomic E-state index is 12.2. The molecule has 2 aliphatic heterocycles. The number of carbonyl (C=O) groups is 2. The number of thioether (sulfide) groups is 1. The van der Waals surface area contributed by atoms with Crippen LogP contribution in [0.3, 0.4) is 0 Å². The number of hydrogen-bond donors (Lipinski definition) is 1. The zero-order chi connectivity index (χ0) is 16.7. The van der Waals surface area contributed by atoms with Crippen molar-refractivity contribution in [3.63, 3.8) is 0 Å². The van der Waals surface area contributed by atoms with Gasteiger partial charge in [-0.05, 0) is 19.3 Å². The number of esters is 1. The van der Waals surface area contributed by atoms with Gasteiger partial charge in [0.2, 0.25) is 0 Å². The molecule has 0 aromatic carbocycles. The highest BCUT2D eigenvalue weighted by Crippen LogP contribution is 2.37. The molecule has 0 aromatic rings. The highest BCUT2D eigenvalue weighted by molar-refractivity contribution is 8.00. The van der Waals surface area contributed by atoms with E-state index in [9.17, 15) is 9.59 Å². The number of ether oxygens (including phenoxy) is 1. The quantitative estimate of drug-likeness (QED) is 0.376. The van der Waals surface area contributed by atoms with Crippen LogP contribution in [-0.2, 0) is 9.53 Å². The lowest BCUT2D eigenvalue weighted by Gasteiger charge is -2.27. The molecule has 1 N–H and O–H groups in total. The minimum atomic E-state index is -0.128. The van der Waals surface area contributed by atoms with Crippen LogP contribution < -0.4 is 5.32 Å². The molecule has 3 atom stereocenters. The van der Waals surface area contributed by atoms with Crippen molar-refractivity contribution < 1.29 is 14.3 Å². The van der Waals surface area contributed by atoms with Gasteiger partial charge in [-0.3, -0.25) is 4.79 Å². The number of hydrogen-bond acceptors (Lipinski definition) is 4. The van der Waals surface area contributed by atoms with E-state index in [0.717, 1.165) is 38.0 Å². The van der Waals surface area contributed by atoms with Crippen molar-refractivity contribution in [2.75, 3.05) is 19.4 Å². The third kappa shape index (κ3) is 5.03. The average molecular weight is 343 g/mol. The average Bonchev–Trinajstić information content (AvgIpc) is 3.07. The van der Waals surface area contributed by atoms with Gasteiger partial charge in [-0.15, -0.1) is 0 Å². The summed E-state index contributed by atoms with van der Waals surface area (Å²) in [6.45, 7) is 3.09. The number of fused-ring (bicyclic) bond motifs is 1. The SMILES string of the molecule is CCCCCCN1C(=O)NC2CS[C@@H](CCCCC(=O)OC)C21. The van der Waals surface area contributed by atoms with Gasteiger partial charge in [0.1, 0.15) is 0 Å². The van der Waals surface area contributed by atoms with Gasteiger partial charge in [-0.1, -0.05) is 32.6 Å². The first-order valence-electron chi connectivity index (χ1n) is 8.93. The number of nitrogens with one attached hydrogen (secondary N) is 1. The van der Waals surface area contributed by atoms with Crippen LogP contribution >= 0.6 is 11.8 Å². The van der Waals surface area contributed by atoms with Crippen LogP contribution in [0.5, 0.6) is 0 Å². The number of methoxy groups -OCH3 is 1. The molecule has 0 radical (unpaired) electrons. The standard InChI is InChI=1S/C17H30N2O3S/c1-3-4-5-8-11-19-16-13(18-17(19)21)12-23-14(16)9-6-7-10-15(20)22-2/h13-14,16H,3-12H2,1-2H3,(H,18,21)/t13?,14-,16?/m0/s1. The van der Waals surface area contributed by atoms with Gasteiger partial charge in [0.25, 0.3) is 0 Å². The first kappa shape index (κ1) is 18.4. The van der Waals surface area contributed by atoms with E-state index in [1.807, 2.05) is 11.8 Å². The summed E-state index contributed by atoms with van der Waals surface area (Å²) in [5.41, 5.74) is 0. The van der Waals surface area contributed by atoms with E-state index in [0.29, 0.717) is 23.8 Å². The third-order valence-corrected chi connectivity index (χ3v) is 6.31. The Kier molecular flexibility index (Phi) is 7.53. The predicted octanol–water partition coefficient (Wildman–Crippen LogP) is 3.18. The predicted molar refractivity (Wildman–Crippen MR) is 93.7 cm³/mol. The lowest BCUT2D eigenvalue weighted by Crippen LogP contribution is -2.41. The molecule has 0 spiro atoms. The summed E-state index contributed by atoms with van der Waals surface area (Å²) in [5.74, 6) is 0.890. The van der Waals surface area contributed by atoms with Crippen LogP contribution in [0.4, 0.5) is 4.79 Å². The molecule has 2 heterocycles. The van der Waals surface area contributed by atoms with Crippen LogP contribution in [0.2, 0.25) is 0 Å². The van der Waals surface area contributed by atoms with Gasteiger partial charge in [0, 0.05) is 24.0 Å². The van der Waals surface area contributed by atoms with Crippen molar-refractivity contribution in [2.45, 2.75) is 75.6 Å². The topological polar surface area (TPSA) is 58.6 Å². The summed E-state index contributed by atoms with van der Waals surface area (Å²) in [7, 11) is 1.44. The second kappa shape index (κ2) is 9.40. The largest absolute Gasteiger partial charge is 0.469 e. The number of carbonyl (C=O) groups excluding carboxylic acids is 2. The molecule has 0 aromatic heterocycles. The molecule has 2 amide bonds. The first-order chi connectivity index (χ1) is 11.2. The fourth-order valence-electron chi connectivity index (χ4n) is 3.54. The van der Waals surface area contributed by atoms with Gasteiger partial charge in [-0.2, -0.15) is 11.8 Å². The Morgan fingerprint density at radius 1 is 1.30 bits per heavy atom. The highest BCUT2D eigenvalue weighted by Gasteiger charge is 2.47. The smallest absolute Gasteiger partial charge is 0.318 e. The van der Waals surface area contributed by atoms with Crippen LogP contribution in [-0.4, -0.2) is 53.6 Å². The van der Waals surface area contributed by atoms with Gasteiger partial charge in [0.15, 0.2) is 0 Å². The van der Waals surface area contributed by atoms with Crippen molar-refractivity contribution in [2.24, 2.45) is 0 Å². The summed E-state index contributed by atoms with van der Waals surface area (Å²) in [6.07, 6.45) is 8.24. The minimum Gasteiger partial charge on any atom is -0.469 e. The van der Waals surface area contributed by atoms with E-state index in [4.69, 9.17) is 0 Å². The van der Waals surface area contributed by atoms with Crippen molar-refractivity contribution in [1.29, 1.82) is 0 Å². The second-order valence-corrected chi connectivity index (χ2v) is 7.77. The van der Waals surface area contributed by atoms with Gasteiger partial charge < -0.3 is 15.0 Å². The van der Waals surface area contributed by atoms with Crippen LogP contribution in [0.25, 0.3) is 0 Å². The molecular formula is C17H30N2O3S. The molecular weight excluding hydrogens is 312 g/mol. The number of unbranched alkanes of at least 4 members (excludes halogenated alkanes) is 4. The Balaban J connectivity index is 1.77. The Hall–Kier alpha value is -0.910. The molecule has 2 aliphatic rings. The van der Waals surface area contributed by atoms with Crippen LogP contribution in [0.1, 0.15) is 58.3 Å². The van der Waals surface area contributed by atoms with E-state index >= 15 is 0 Å². The van der Waals surface area contributed by atoms with Crippen molar-refractivity contribution in [1.82, 2.24) is 10.2 Å². The Morgan fingerprint density at radius 3 is 2.87 bits per heavy atom. The fourth-order valence-corrected chi connectivity index (χ4v) is 5.14. The van der Waals surface area contributed by atoms with E-state index in [1.54, 1.807) is 0 Å². The first-order valence-corrected chi connectivity index (χ1v) is 9.97. The van der Waals surface area contributed by atoms with Gasteiger partial charge in [-0.25, -0.2) is 4.79 Å². The molecule has 6 heteroatoms. The molecule has 0 saturated carbocycles. The molecule has 2 rings (SSSR count). The minimum absolute atomic E-state index is 0.122. The van der Waals surface area contributed by atoms with E-state index in [1.165, 1.54) is 26.4 Å². The summed E-state index contributed by atoms with van der Waals surface area (Å²) >= 11 is 1.98. The maximum absolute atomic E-state index is 12.2. The molecule has 23 heavy (non-hydrogen) atoms. The zero-order valence-corrected chi connectivity index (χ0v) is 15.2. The normalized spacial score (nSPS) is 26.3. The number of urea groups is 1. The lowest BCUT2D eigenvalue weighted by atomic mass is 10.0. The molecule has 132 valence electrons. The van der Waals surface area contributed by atoms with E-state index in [-0.39, 0.29) is 12.0 Å². The summed E-state index contributed by atoms with van der Waals surface area (Å²) < 4.78 is 4.68. The van der Waals surface area contributed by atoms with Crippen LogP contribution in [0.15, 0.2) is 0 Å². The van der Waals surface area contributed by atoms with Crippen molar-refractivity contribution in [3.8, 4) is 0 Å². The molecule has 2 unspecified atom stereocenters. The molecule has 0 aliphatic carbocycles. The Morgan fingerprint density at radius 2 is 2.13 bits per heavy atom. The van der Waals surface area contributed by atoms with Crippen molar-refractivity contribution in [3.05, 3.63) is 0 Å². The number of nitrogens with zero attached hydrogens (tertiary/aromatic N) is 1. The number of amides is 2. The Labute approximate surface area is 143 Å². The van der Waals surface area contributed by atoms with Gasteiger partial charge in [0.05, 0.1) is 19.2 Å². The molecule has 0 bridgehead atoms. The lowest BCUT2D eigenvalue weighted by molar-refractivity contribution is -0.140. The van der Waals surface area contributed by atoms with Crippen molar-refractivity contribution >= 4 is 23.8 Å². The van der Waals surface area contributed by atoms with E-state index < -0.39 is 0 Å². The third-order valence-electron chi connectivity index (χ3n) is 4.81. The van der Waals surface area contributed by atoms with Gasteiger partial charge >= 0.3 is 12.0 Å². The maximum Gasteiger partial charge on any atom is 0.318 e. The van der Waals surface area contributed by atoms with E-state index in [2.05, 4.69) is 21.9 Å². The monoisotopic (exact) mass is 342 g/mol. The number of rotatable bonds is 10. The second-order valence-electron chi connectivity index (χ2n) is 6.49. The summed E-state index contributed by atoms with van der Waals surface area (Å²) in [5, 5.41) is 3.65. The molecule has 2 fully saturated rings. The summed E-state index contributed by atoms with van der Waals surface area (Å²) in [4.78, 5) is 25.4. The zero-order valence-electron chi connectivity index (χ0n) is 14.4. The molecule has 2 saturated heterocycles. The highest BCUT2D eigenvalue weighted by atomic mass is 32.2. The summed E-state index contributed by atoms with van der Waals surface area (Å²) in [6, 6.07) is 0.771. The van der Waals surface area contributed by atoms with Crippen LogP contribution in [0, 0.1) is 0 Å². The molecule has 5 nitrogen and oxygen atoms in total. The fraction of sp³-hybridized carbons (Fsp3) is 0.882. The Bertz CT molecular complexity index is 405.